The molecule has 10 heteroatoms. The SMILES string of the molecule is C=C/C=C\NC.CCCC.CCCCC(CCC)Oc1nc(Nc2ccc(N3CCC(N4CCN(C)CC4)CC3)cc2)c(C(N)=O)nc1CC. The van der Waals surface area contributed by atoms with Gasteiger partial charge in [0, 0.05) is 63.7 Å². The van der Waals surface area contributed by atoms with Gasteiger partial charge in [0.25, 0.3) is 5.91 Å². The van der Waals surface area contributed by atoms with Crippen molar-refractivity contribution in [3.05, 3.63) is 60.6 Å². The minimum Gasteiger partial charge on any atom is -0.473 e. The van der Waals surface area contributed by atoms with E-state index in [2.05, 4.69) is 83.8 Å². The van der Waals surface area contributed by atoms with E-state index in [1.807, 2.05) is 38.4 Å². The van der Waals surface area contributed by atoms with Gasteiger partial charge >= 0.3 is 0 Å². The lowest BCUT2D eigenvalue weighted by molar-refractivity contribution is 0.0982. The van der Waals surface area contributed by atoms with Crippen molar-refractivity contribution in [1.82, 2.24) is 25.1 Å². The molecule has 10 nitrogen and oxygen atoms in total. The molecule has 1 aromatic heterocycles. The van der Waals surface area contributed by atoms with E-state index in [4.69, 9.17) is 15.5 Å². The van der Waals surface area contributed by atoms with Crippen LogP contribution in [0.25, 0.3) is 0 Å². The molecule has 1 aromatic carbocycles. The second kappa shape index (κ2) is 24.5. The molecule has 1 amide bonds. The molecule has 0 saturated carbocycles. The third-order valence-corrected chi connectivity index (χ3v) is 9.18. The average molecular weight is 693 g/mol. The standard InChI is InChI=1S/C31H49N7O2.C5H9N.C4H10/c1-5-8-10-26(9-6-2)40-31-27(7-3)34-28(29(32)39)30(35-31)33-23-11-13-24(14-12-23)37-17-15-25(16-18-37)38-21-19-36(4)20-22-38;1-3-4-5-6-2;1-3-4-2/h11-14,25-26H,5-10,15-22H2,1-4H3,(H2,32,39)(H,33,35);3-6H,1H2,2H3;3-4H2,1-2H3/b;5-4-;. The number of carbonyl (C=O) groups is 1. The van der Waals surface area contributed by atoms with E-state index >= 15 is 0 Å². The molecule has 3 heterocycles. The zero-order valence-electron chi connectivity index (χ0n) is 32.3. The first kappa shape index (κ1) is 42.5. The summed E-state index contributed by atoms with van der Waals surface area (Å²) < 4.78 is 6.37. The topological polar surface area (TPSA) is 112 Å². The number of likely N-dealkylation sites (N-methyl/N-ethyl adjacent to an activating group) is 1. The Morgan fingerprint density at radius 2 is 1.62 bits per heavy atom. The van der Waals surface area contributed by atoms with Gasteiger partial charge in [-0.1, -0.05) is 79.4 Å². The van der Waals surface area contributed by atoms with Gasteiger partial charge in [0.1, 0.15) is 11.8 Å². The Kier molecular flexibility index (Phi) is 20.8. The monoisotopic (exact) mass is 693 g/mol. The maximum absolute atomic E-state index is 12.3. The maximum atomic E-state index is 12.3. The number of carbonyl (C=O) groups excluding carboxylic acids is 1. The van der Waals surface area contributed by atoms with Crippen molar-refractivity contribution in [2.24, 2.45) is 5.73 Å². The molecular weight excluding hydrogens is 624 g/mol. The Bertz CT molecular complexity index is 1250. The number of hydrogen-bond donors (Lipinski definition) is 3. The van der Waals surface area contributed by atoms with Crippen LogP contribution < -0.4 is 26.0 Å². The number of nitrogens with one attached hydrogen (secondary N) is 2. The minimum absolute atomic E-state index is 0.0801. The number of aromatic nitrogens is 2. The Hall–Kier alpha value is -3.63. The summed E-state index contributed by atoms with van der Waals surface area (Å²) >= 11 is 0. The third kappa shape index (κ3) is 14.7. The second-order valence-corrected chi connectivity index (χ2v) is 13.2. The van der Waals surface area contributed by atoms with E-state index in [9.17, 15) is 4.79 Å². The summed E-state index contributed by atoms with van der Waals surface area (Å²) in [4.78, 5) is 29.2. The Morgan fingerprint density at radius 1 is 0.960 bits per heavy atom. The Morgan fingerprint density at radius 3 is 2.12 bits per heavy atom. The molecule has 2 aromatic rings. The molecule has 2 fully saturated rings. The first-order valence-electron chi connectivity index (χ1n) is 19.1. The minimum atomic E-state index is -0.604. The number of piperazine rings is 1. The number of primary amides is 1. The summed E-state index contributed by atoms with van der Waals surface area (Å²) in [5.41, 5.74) is 8.56. The van der Waals surface area contributed by atoms with Crippen LogP contribution in [0.15, 0.2) is 49.2 Å². The van der Waals surface area contributed by atoms with Crippen LogP contribution in [0.4, 0.5) is 17.2 Å². The highest BCUT2D eigenvalue weighted by Gasteiger charge is 2.27. The molecular formula is C40H68N8O2. The third-order valence-electron chi connectivity index (χ3n) is 9.18. The number of rotatable bonds is 16. The van der Waals surface area contributed by atoms with E-state index in [0.717, 1.165) is 50.9 Å². The first-order chi connectivity index (χ1) is 24.2. The molecule has 2 saturated heterocycles. The Labute approximate surface area is 303 Å². The molecule has 4 N–H and O–H groups in total. The highest BCUT2D eigenvalue weighted by Crippen LogP contribution is 2.29. The summed E-state index contributed by atoms with van der Waals surface area (Å²) in [6.07, 6.45) is 16.3. The molecule has 0 aliphatic carbocycles. The Balaban J connectivity index is 0.000000761. The summed E-state index contributed by atoms with van der Waals surface area (Å²) in [5.74, 6) is 0.225. The van der Waals surface area contributed by atoms with E-state index in [0.29, 0.717) is 29.9 Å². The molecule has 2 aliphatic heterocycles. The fourth-order valence-corrected chi connectivity index (χ4v) is 5.95. The zero-order chi connectivity index (χ0) is 36.7. The van der Waals surface area contributed by atoms with E-state index in [-0.39, 0.29) is 11.8 Å². The van der Waals surface area contributed by atoms with Crippen molar-refractivity contribution in [2.75, 3.05) is 63.6 Å². The van der Waals surface area contributed by atoms with Crippen LogP contribution in [0.2, 0.25) is 0 Å². The predicted octanol–water partition coefficient (Wildman–Crippen LogP) is 7.55. The predicted molar refractivity (Wildman–Crippen MR) is 212 cm³/mol. The summed E-state index contributed by atoms with van der Waals surface area (Å²) in [5, 5.41) is 6.11. The van der Waals surface area contributed by atoms with Crippen molar-refractivity contribution in [2.45, 2.75) is 111 Å². The molecule has 0 radical (unpaired) electrons. The molecule has 0 spiro atoms. The highest BCUT2D eigenvalue weighted by atomic mass is 16.5. The fraction of sp³-hybridized carbons (Fsp3) is 0.625. The summed E-state index contributed by atoms with van der Waals surface area (Å²) in [6.45, 7) is 21.0. The van der Waals surface area contributed by atoms with Gasteiger partial charge < -0.3 is 30.9 Å². The molecule has 1 unspecified atom stereocenters. The van der Waals surface area contributed by atoms with Crippen molar-refractivity contribution < 1.29 is 9.53 Å². The lowest BCUT2D eigenvalue weighted by Gasteiger charge is -2.42. The molecule has 2 aliphatic rings. The quantitative estimate of drug-likeness (QED) is 0.154. The number of benzene rings is 1. The molecule has 0 bridgehead atoms. The fourth-order valence-electron chi connectivity index (χ4n) is 5.95. The molecule has 4 rings (SSSR count). The van der Waals surface area contributed by atoms with Crippen LogP contribution in [0, 0.1) is 0 Å². The zero-order valence-corrected chi connectivity index (χ0v) is 32.3. The van der Waals surface area contributed by atoms with Crippen LogP contribution in [0.1, 0.15) is 109 Å². The normalized spacial score (nSPS) is 16.1. The van der Waals surface area contributed by atoms with Crippen LogP contribution in [-0.2, 0) is 6.42 Å². The van der Waals surface area contributed by atoms with Crippen LogP contribution in [0.5, 0.6) is 5.88 Å². The van der Waals surface area contributed by atoms with Gasteiger partial charge in [-0.05, 0) is 75.7 Å². The number of aryl methyl sites for hydroxylation is 1. The van der Waals surface area contributed by atoms with E-state index in [1.54, 1.807) is 6.08 Å². The second-order valence-electron chi connectivity index (χ2n) is 13.2. The molecule has 1 atom stereocenters. The van der Waals surface area contributed by atoms with Gasteiger partial charge in [-0.2, -0.15) is 4.98 Å². The van der Waals surface area contributed by atoms with Crippen molar-refractivity contribution >= 4 is 23.1 Å². The lowest BCUT2D eigenvalue weighted by Crippen LogP contribution is -2.52. The number of amides is 1. The number of ether oxygens (including phenoxy) is 1. The molecule has 280 valence electrons. The van der Waals surface area contributed by atoms with Crippen LogP contribution in [-0.4, -0.2) is 91.2 Å². The van der Waals surface area contributed by atoms with Crippen molar-refractivity contribution in [1.29, 1.82) is 0 Å². The van der Waals surface area contributed by atoms with Crippen molar-refractivity contribution in [3.8, 4) is 5.88 Å². The van der Waals surface area contributed by atoms with Crippen LogP contribution >= 0.6 is 0 Å². The van der Waals surface area contributed by atoms with Gasteiger partial charge in [-0.15, -0.1) is 0 Å². The highest BCUT2D eigenvalue weighted by molar-refractivity contribution is 5.96. The van der Waals surface area contributed by atoms with Gasteiger partial charge in [0.05, 0.1) is 0 Å². The van der Waals surface area contributed by atoms with Crippen LogP contribution in [0.3, 0.4) is 0 Å². The van der Waals surface area contributed by atoms with Gasteiger partial charge in [-0.25, -0.2) is 4.98 Å². The number of unbranched alkanes of at least 4 members (excludes halogenated alkanes) is 2. The average Bonchev–Trinajstić information content (AvgIpc) is 3.14. The van der Waals surface area contributed by atoms with Gasteiger partial charge in [0.15, 0.2) is 11.5 Å². The summed E-state index contributed by atoms with van der Waals surface area (Å²) in [7, 11) is 4.06. The number of nitrogens with two attached hydrogens (primary N) is 1. The van der Waals surface area contributed by atoms with E-state index in [1.165, 1.54) is 57.5 Å². The molecule has 50 heavy (non-hydrogen) atoms. The maximum Gasteiger partial charge on any atom is 0.271 e. The van der Waals surface area contributed by atoms with Crippen molar-refractivity contribution in [3.63, 3.8) is 0 Å². The number of piperidine rings is 1. The number of anilines is 3. The summed E-state index contributed by atoms with van der Waals surface area (Å²) in [6, 6.07) is 9.02. The lowest BCUT2D eigenvalue weighted by atomic mass is 10.0. The largest absolute Gasteiger partial charge is 0.473 e. The van der Waals surface area contributed by atoms with Gasteiger partial charge in [0.2, 0.25) is 5.88 Å². The van der Waals surface area contributed by atoms with Gasteiger partial charge in [-0.3, -0.25) is 9.69 Å². The number of nitrogens with zero attached hydrogens (tertiary/aromatic N) is 5. The first-order valence-corrected chi connectivity index (χ1v) is 19.1. The number of allylic oxidation sites excluding steroid dienone is 2. The number of hydrogen-bond acceptors (Lipinski definition) is 9. The van der Waals surface area contributed by atoms with E-state index < -0.39 is 5.91 Å². The smallest absolute Gasteiger partial charge is 0.271 e.